The number of hydrogen-bond donors (Lipinski definition) is 0. The van der Waals surface area contributed by atoms with Crippen LogP contribution in [0.3, 0.4) is 0 Å². The third-order valence-corrected chi connectivity index (χ3v) is 1.88. The van der Waals surface area contributed by atoms with Crippen molar-refractivity contribution < 1.29 is 4.79 Å². The van der Waals surface area contributed by atoms with E-state index in [4.69, 9.17) is 0 Å². The fourth-order valence-corrected chi connectivity index (χ4v) is 1.22. The number of nitrogens with zero attached hydrogens (tertiary/aromatic N) is 1. The molecule has 0 saturated heterocycles. The summed E-state index contributed by atoms with van der Waals surface area (Å²) in [5.74, 6) is 0.190. The Hall–Kier alpha value is -0.141. The van der Waals surface area contributed by atoms with E-state index < -0.39 is 0 Å². The first-order valence-corrected chi connectivity index (χ1v) is 3.55. The van der Waals surface area contributed by atoms with Crippen LogP contribution >= 0.6 is 0 Å². The second kappa shape index (κ2) is 1.54. The Labute approximate surface area is 42.0 Å². The summed E-state index contributed by atoms with van der Waals surface area (Å²) in [6.07, 6.45) is 1.42. The molecule has 0 spiro atoms. The Bertz CT molecular complexity index is 99.0. The van der Waals surface area contributed by atoms with Crippen LogP contribution in [0, 0.1) is 0 Å². The van der Waals surface area contributed by atoms with Gasteiger partial charge in [-0.15, -0.1) is 0 Å². The number of carbonyl (C=O) groups excluding carboxylic acids is 1. The zero-order valence-electron chi connectivity index (χ0n) is 3.05. The summed E-state index contributed by atoms with van der Waals surface area (Å²) in [4.78, 5) is 10.1. The zero-order valence-corrected chi connectivity index (χ0v) is 4.76. The van der Waals surface area contributed by atoms with E-state index in [1.165, 1.54) is 6.21 Å². The monoisotopic (exact) mass is 149 g/mol. The number of hydrogen-bond acceptors (Lipinski definition) is 2. The van der Waals surface area contributed by atoms with Crippen molar-refractivity contribution in [1.29, 1.82) is 0 Å². The summed E-state index contributed by atoms with van der Waals surface area (Å²) in [6.45, 7) is 0. The first-order chi connectivity index (χ1) is 2.89. The predicted molar refractivity (Wildman–Crippen MR) is 24.1 cm³/mol. The van der Waals surface area contributed by atoms with E-state index in [1.807, 2.05) is 0 Å². The van der Waals surface area contributed by atoms with Gasteiger partial charge in [0.05, 0.1) is 0 Å². The topological polar surface area (TPSA) is 29.4 Å². The predicted octanol–water partition coefficient (Wildman–Crippen LogP) is -0.323. The van der Waals surface area contributed by atoms with Crippen molar-refractivity contribution in [2.75, 3.05) is 0 Å². The van der Waals surface area contributed by atoms with Crippen molar-refractivity contribution in [2.45, 2.75) is 5.32 Å². The van der Waals surface area contributed by atoms with Crippen LogP contribution in [0.4, 0.5) is 0 Å². The molecule has 1 heterocycles. The molecular weight excluding hydrogens is 145 g/mol. The second-order valence-corrected chi connectivity index (χ2v) is 2.56. The normalized spacial score (nSPS) is 19.7. The van der Waals surface area contributed by atoms with Gasteiger partial charge in [-0.1, -0.05) is 0 Å². The third kappa shape index (κ3) is 0.671. The molecule has 0 aliphatic carbocycles. The van der Waals surface area contributed by atoms with Crippen molar-refractivity contribution in [3.63, 3.8) is 0 Å². The minimum absolute atomic E-state index is 0.190. The minimum atomic E-state index is 0.190. The van der Waals surface area contributed by atoms with Crippen molar-refractivity contribution in [3.05, 3.63) is 0 Å². The third-order valence-electron chi connectivity index (χ3n) is 0.478. The fraction of sp³-hybridized carbons (Fsp3) is 0.333. The second-order valence-electron chi connectivity index (χ2n) is 0.974. The summed E-state index contributed by atoms with van der Waals surface area (Å²) in [6, 6.07) is 0. The molecule has 0 radical (unpaired) electrons. The average molecular weight is 148 g/mol. The van der Waals surface area contributed by atoms with E-state index in [0.29, 0.717) is 5.32 Å². The van der Waals surface area contributed by atoms with Gasteiger partial charge in [0.25, 0.3) is 0 Å². The molecule has 3 heteroatoms. The van der Waals surface area contributed by atoms with Gasteiger partial charge in [-0.05, 0) is 0 Å². The molecule has 2 nitrogen and oxygen atoms in total. The number of Topliss-reactive ketones (excluding diaryl/α,β-unsaturated/α-hetero) is 1. The summed E-state index contributed by atoms with van der Waals surface area (Å²) >= 11 is 0.261. The molecule has 1 aliphatic rings. The van der Waals surface area contributed by atoms with Gasteiger partial charge in [-0.2, -0.15) is 0 Å². The Morgan fingerprint density at radius 3 is 3.00 bits per heavy atom. The molecule has 0 amide bonds. The Kier molecular flexibility index (Phi) is 1.03. The molecular formula is C3H3NOSe. The molecule has 0 fully saturated rings. The molecule has 0 bridgehead atoms. The van der Waals surface area contributed by atoms with Gasteiger partial charge in [0.1, 0.15) is 0 Å². The van der Waals surface area contributed by atoms with Gasteiger partial charge in [-0.3, -0.25) is 0 Å². The number of rotatable bonds is 0. The molecule has 0 unspecified atom stereocenters. The van der Waals surface area contributed by atoms with Crippen LogP contribution < -0.4 is 0 Å². The van der Waals surface area contributed by atoms with Gasteiger partial charge < -0.3 is 0 Å². The Morgan fingerprint density at radius 1 is 2.00 bits per heavy atom. The van der Waals surface area contributed by atoms with Crippen molar-refractivity contribution >= 4 is 27.2 Å². The zero-order chi connectivity index (χ0) is 4.41. The van der Waals surface area contributed by atoms with E-state index in [-0.39, 0.29) is 21.0 Å². The first kappa shape index (κ1) is 4.03. The van der Waals surface area contributed by atoms with Crippen molar-refractivity contribution in [3.8, 4) is 0 Å². The maximum absolute atomic E-state index is 10.1. The summed E-state index contributed by atoms with van der Waals surface area (Å²) < 4.78 is 3.75. The fourth-order valence-electron chi connectivity index (χ4n) is 0.234. The summed E-state index contributed by atoms with van der Waals surface area (Å²) in [5, 5.41) is 0.687. The van der Waals surface area contributed by atoms with Gasteiger partial charge in [0.15, 0.2) is 0 Å². The van der Waals surface area contributed by atoms with Crippen LogP contribution in [0.25, 0.3) is 0 Å². The quantitative estimate of drug-likeness (QED) is 0.433. The van der Waals surface area contributed by atoms with E-state index in [1.54, 1.807) is 0 Å². The SMILES string of the molecule is O=C1C=N[Se]C1. The number of ketones is 1. The van der Waals surface area contributed by atoms with E-state index in [9.17, 15) is 4.79 Å². The van der Waals surface area contributed by atoms with Crippen LogP contribution in [0.1, 0.15) is 0 Å². The van der Waals surface area contributed by atoms with Gasteiger partial charge in [0.2, 0.25) is 0 Å². The van der Waals surface area contributed by atoms with Gasteiger partial charge in [-0.25, -0.2) is 0 Å². The van der Waals surface area contributed by atoms with Crippen LogP contribution in [0.2, 0.25) is 5.32 Å². The first-order valence-electron chi connectivity index (χ1n) is 1.58. The van der Waals surface area contributed by atoms with Crippen LogP contribution in [-0.2, 0) is 4.79 Å². The Morgan fingerprint density at radius 2 is 2.83 bits per heavy atom. The van der Waals surface area contributed by atoms with E-state index in [2.05, 4.69) is 4.01 Å². The summed E-state index contributed by atoms with van der Waals surface area (Å²) in [5.41, 5.74) is 0. The number of carbonyl (C=O) groups is 1. The van der Waals surface area contributed by atoms with Crippen LogP contribution in [0.15, 0.2) is 4.01 Å². The average Bonchev–Trinajstić information content (AvgIpc) is 1.86. The molecule has 0 saturated carbocycles. The van der Waals surface area contributed by atoms with Crippen molar-refractivity contribution in [1.82, 2.24) is 0 Å². The standard InChI is InChI=1S/C3H3NOSe/c5-3-1-4-6-2-3/h1H,2H2. The molecule has 0 atom stereocenters. The van der Waals surface area contributed by atoms with Crippen LogP contribution in [-0.4, -0.2) is 27.2 Å². The van der Waals surface area contributed by atoms with E-state index in [0.717, 1.165) is 0 Å². The molecule has 0 aromatic carbocycles. The van der Waals surface area contributed by atoms with Gasteiger partial charge in [0, 0.05) is 0 Å². The van der Waals surface area contributed by atoms with Gasteiger partial charge >= 0.3 is 41.3 Å². The van der Waals surface area contributed by atoms with Crippen LogP contribution in [0.5, 0.6) is 0 Å². The molecule has 0 N–H and O–H groups in total. The molecule has 0 aromatic heterocycles. The maximum atomic E-state index is 10.1. The molecule has 6 heavy (non-hydrogen) atoms. The molecule has 32 valence electrons. The molecule has 1 rings (SSSR count). The van der Waals surface area contributed by atoms with E-state index >= 15 is 0 Å². The molecule has 1 aliphatic heterocycles. The molecule has 0 aromatic rings. The summed E-state index contributed by atoms with van der Waals surface area (Å²) in [7, 11) is 0. The Balaban J connectivity index is 2.59. The van der Waals surface area contributed by atoms with Crippen molar-refractivity contribution in [2.24, 2.45) is 4.01 Å².